The third-order valence-corrected chi connectivity index (χ3v) is 3.01. The first-order chi connectivity index (χ1) is 10.1. The molecule has 1 radical (unpaired) electrons. The molecule has 0 rings (SSSR count). The van der Waals surface area contributed by atoms with E-state index in [2.05, 4.69) is 6.92 Å². The lowest BCUT2D eigenvalue weighted by atomic mass is 10.1. The molecule has 0 heterocycles. The summed E-state index contributed by atoms with van der Waals surface area (Å²) in [6.07, 6.45) is 14.8. The van der Waals surface area contributed by atoms with Gasteiger partial charge in [-0.05, 0) is 20.3 Å². The van der Waals surface area contributed by atoms with E-state index in [1.165, 1.54) is 65.2 Å². The molecule has 0 aliphatic rings. The van der Waals surface area contributed by atoms with E-state index in [4.69, 9.17) is 21.7 Å². The van der Waals surface area contributed by atoms with E-state index in [1.54, 1.807) is 0 Å². The fourth-order valence-corrected chi connectivity index (χ4v) is 2.13. The molecule has 0 aromatic heterocycles. The maximum Gasteiger partial charge on any atom is 0.119 e. The highest BCUT2D eigenvalue weighted by Crippen LogP contribution is 2.10. The van der Waals surface area contributed by atoms with Gasteiger partial charge in [-0.3, -0.25) is 0 Å². The predicted molar refractivity (Wildman–Crippen MR) is 91.8 cm³/mol. The summed E-state index contributed by atoms with van der Waals surface area (Å²) in [5.41, 5.74) is 7.13. The van der Waals surface area contributed by atoms with Crippen molar-refractivity contribution in [1.29, 1.82) is 0 Å². The zero-order valence-corrected chi connectivity index (χ0v) is 14.7. The fraction of sp³-hybridized carbons (Fsp3) is 0.882. The minimum atomic E-state index is -1.52. The molecule has 0 aromatic rings. The number of carbonyl (C=O) groups excluding carboxylic acids is 1. The Hall–Kier alpha value is -0.490. The number of unbranched alkanes of at least 4 members (excludes halogenated alkanes) is 9. The molecular formula is C17H37N2O3. The third-order valence-electron chi connectivity index (χ3n) is 3.01. The van der Waals surface area contributed by atoms with Gasteiger partial charge in [-0.25, -0.2) is 0 Å². The van der Waals surface area contributed by atoms with E-state index in [0.717, 1.165) is 25.5 Å². The van der Waals surface area contributed by atoms with Crippen molar-refractivity contribution in [3.8, 4) is 0 Å². The van der Waals surface area contributed by atoms with Gasteiger partial charge in [0.1, 0.15) is 17.7 Å². The van der Waals surface area contributed by atoms with Gasteiger partial charge >= 0.3 is 0 Å². The molecule has 2 unspecified atom stereocenters. The topological polar surface area (TPSA) is 110 Å². The van der Waals surface area contributed by atoms with Crippen molar-refractivity contribution in [2.45, 2.75) is 96.4 Å². The van der Waals surface area contributed by atoms with Crippen LogP contribution < -0.4 is 11.5 Å². The molecule has 2 atom stereocenters. The average Bonchev–Trinajstić information content (AvgIpc) is 2.33. The quantitative estimate of drug-likeness (QED) is 0.251. The van der Waals surface area contributed by atoms with Gasteiger partial charge in [0.2, 0.25) is 0 Å². The van der Waals surface area contributed by atoms with Crippen LogP contribution >= 0.6 is 0 Å². The zero-order chi connectivity index (χ0) is 17.5. The number of hydrogen-bond acceptors (Lipinski definition) is 5. The second-order valence-electron chi connectivity index (χ2n) is 6.38. The van der Waals surface area contributed by atoms with E-state index in [0.29, 0.717) is 0 Å². The average molecular weight is 317 g/mol. The van der Waals surface area contributed by atoms with Crippen molar-refractivity contribution in [2.24, 2.45) is 11.5 Å². The number of rotatable bonds is 12. The summed E-state index contributed by atoms with van der Waals surface area (Å²) in [5, 5.41) is 17.7. The van der Waals surface area contributed by atoms with Gasteiger partial charge in [-0.15, -0.1) is 0 Å². The first kappa shape index (κ1) is 23.8. The summed E-state index contributed by atoms with van der Waals surface area (Å²) in [7, 11) is 0. The molecule has 133 valence electrons. The van der Waals surface area contributed by atoms with Crippen LogP contribution in [0, 0.1) is 6.42 Å². The summed E-state index contributed by atoms with van der Waals surface area (Å²) < 4.78 is 0. The molecule has 0 saturated carbocycles. The van der Waals surface area contributed by atoms with Crippen molar-refractivity contribution in [1.82, 2.24) is 0 Å². The van der Waals surface area contributed by atoms with Crippen LogP contribution in [0.25, 0.3) is 0 Å². The minimum absolute atomic E-state index is 0.760. The van der Waals surface area contributed by atoms with Crippen LogP contribution in [-0.4, -0.2) is 27.9 Å². The Morgan fingerprint density at radius 3 is 1.45 bits per heavy atom. The molecule has 0 aliphatic carbocycles. The number of aliphatic hydroxyl groups is 2. The van der Waals surface area contributed by atoms with Crippen LogP contribution in [0.15, 0.2) is 0 Å². The Morgan fingerprint density at radius 2 is 1.18 bits per heavy atom. The van der Waals surface area contributed by atoms with E-state index in [-0.39, 0.29) is 0 Å². The summed E-state index contributed by atoms with van der Waals surface area (Å²) in [6, 6.07) is 0. The Balaban J connectivity index is 0. The maximum absolute atomic E-state index is 10.0. The molecule has 5 nitrogen and oxygen atoms in total. The first-order valence-electron chi connectivity index (χ1n) is 8.45. The van der Waals surface area contributed by atoms with E-state index in [1.807, 2.05) is 0 Å². The highest BCUT2D eigenvalue weighted by atomic mass is 16.3. The molecule has 22 heavy (non-hydrogen) atoms. The van der Waals surface area contributed by atoms with Gasteiger partial charge in [0.25, 0.3) is 0 Å². The van der Waals surface area contributed by atoms with E-state index >= 15 is 0 Å². The van der Waals surface area contributed by atoms with Crippen molar-refractivity contribution >= 4 is 6.29 Å². The van der Waals surface area contributed by atoms with Gasteiger partial charge < -0.3 is 26.5 Å². The number of carbonyl (C=O) groups is 1. The summed E-state index contributed by atoms with van der Waals surface area (Å²) in [5.74, 6) is 0. The second-order valence-corrected chi connectivity index (χ2v) is 6.38. The Kier molecular flexibility index (Phi) is 15.3. The van der Waals surface area contributed by atoms with E-state index < -0.39 is 11.4 Å². The van der Waals surface area contributed by atoms with Gasteiger partial charge in [0.15, 0.2) is 0 Å². The molecule has 0 aromatic carbocycles. The number of hydrogen-bond donors (Lipinski definition) is 4. The van der Waals surface area contributed by atoms with Crippen LogP contribution in [0.4, 0.5) is 0 Å². The Bertz CT molecular complexity index is 233. The van der Waals surface area contributed by atoms with Gasteiger partial charge in [-0.1, -0.05) is 58.3 Å². The summed E-state index contributed by atoms with van der Waals surface area (Å²) in [6.45, 7) is 4.90. The van der Waals surface area contributed by atoms with Crippen molar-refractivity contribution in [2.75, 3.05) is 0 Å². The highest BCUT2D eigenvalue weighted by Gasteiger charge is 2.25. The first-order valence-corrected chi connectivity index (χ1v) is 8.45. The molecular weight excluding hydrogens is 280 g/mol. The lowest BCUT2D eigenvalue weighted by Crippen LogP contribution is -2.49. The van der Waals surface area contributed by atoms with Crippen molar-refractivity contribution < 1.29 is 15.0 Å². The SMILES string of the molecule is CC(N)(O)[CH]C(C)(N)O.CCCCCCCCCCCC=O. The summed E-state index contributed by atoms with van der Waals surface area (Å²) in [4.78, 5) is 10.0. The van der Waals surface area contributed by atoms with Crippen LogP contribution in [0.3, 0.4) is 0 Å². The maximum atomic E-state index is 10.0. The fourth-order valence-electron chi connectivity index (χ4n) is 2.13. The molecule has 6 N–H and O–H groups in total. The smallest absolute Gasteiger partial charge is 0.119 e. The molecule has 0 fully saturated rings. The zero-order valence-electron chi connectivity index (χ0n) is 14.7. The van der Waals surface area contributed by atoms with Gasteiger partial charge in [-0.2, -0.15) is 0 Å². The van der Waals surface area contributed by atoms with Crippen LogP contribution in [0.1, 0.15) is 85.0 Å². The normalized spacial score (nSPS) is 16.1. The minimum Gasteiger partial charge on any atom is -0.376 e. The molecule has 0 aliphatic heterocycles. The lowest BCUT2D eigenvalue weighted by Gasteiger charge is -2.25. The number of nitrogens with two attached hydrogens (primary N) is 2. The second kappa shape index (κ2) is 14.1. The number of aldehydes is 1. The molecule has 5 heteroatoms. The van der Waals surface area contributed by atoms with Crippen LogP contribution in [-0.2, 0) is 4.79 Å². The highest BCUT2D eigenvalue weighted by molar-refractivity contribution is 5.48. The largest absolute Gasteiger partial charge is 0.376 e. The monoisotopic (exact) mass is 317 g/mol. The van der Waals surface area contributed by atoms with Gasteiger partial charge in [0.05, 0.1) is 6.42 Å². The molecule has 0 bridgehead atoms. The Labute approximate surface area is 136 Å². The van der Waals surface area contributed by atoms with Gasteiger partial charge in [0, 0.05) is 6.42 Å². The Morgan fingerprint density at radius 1 is 0.818 bits per heavy atom. The standard InChI is InChI=1S/C12H24O.C5H13N2O2/c1-2-3-4-5-6-7-8-9-10-11-12-13;1-4(6,8)3-5(2,7)9/h12H,2-11H2,1H3;3,8-9H,6-7H2,1-2H3. The summed E-state index contributed by atoms with van der Waals surface area (Å²) >= 11 is 0. The molecule has 0 amide bonds. The predicted octanol–water partition coefficient (Wildman–Crippen LogP) is 2.63. The van der Waals surface area contributed by atoms with E-state index in [9.17, 15) is 4.79 Å². The molecule has 0 saturated heterocycles. The van der Waals surface area contributed by atoms with Crippen LogP contribution in [0.5, 0.6) is 0 Å². The lowest BCUT2D eigenvalue weighted by molar-refractivity contribution is -0.107. The van der Waals surface area contributed by atoms with Crippen LogP contribution in [0.2, 0.25) is 0 Å². The van der Waals surface area contributed by atoms with Crippen molar-refractivity contribution in [3.63, 3.8) is 0 Å². The third kappa shape index (κ3) is 27.8. The van der Waals surface area contributed by atoms with Crippen molar-refractivity contribution in [3.05, 3.63) is 6.42 Å². The molecule has 0 spiro atoms.